The number of fused-ring (bicyclic) bond motifs is 3. The number of nitrogens with zero attached hydrogens (tertiary/aromatic N) is 2. The Morgan fingerprint density at radius 3 is 2.75 bits per heavy atom. The first-order chi connectivity index (χ1) is 15.5. The molecule has 0 unspecified atom stereocenters. The normalized spacial score (nSPS) is 11.1. The summed E-state index contributed by atoms with van der Waals surface area (Å²) in [6.07, 6.45) is 0. The van der Waals surface area contributed by atoms with Crippen LogP contribution in [0.5, 0.6) is 0 Å². The van der Waals surface area contributed by atoms with E-state index in [4.69, 9.17) is 9.15 Å². The highest BCUT2D eigenvalue weighted by Gasteiger charge is 2.18. The SMILES string of the molecule is CCOC(=O)c1cccc(NC(=O)CSc2nc3c(oc4ccccc43)c(=O)n2CC)c1. The first-order valence-corrected chi connectivity index (χ1v) is 11.1. The molecule has 1 amide bonds. The Bertz CT molecular complexity index is 1380. The van der Waals surface area contributed by atoms with Gasteiger partial charge in [-0.3, -0.25) is 14.2 Å². The summed E-state index contributed by atoms with van der Waals surface area (Å²) in [4.78, 5) is 41.9. The van der Waals surface area contributed by atoms with Crippen molar-refractivity contribution in [1.82, 2.24) is 9.55 Å². The zero-order chi connectivity index (χ0) is 22.7. The smallest absolute Gasteiger partial charge is 0.338 e. The van der Waals surface area contributed by atoms with Crippen molar-refractivity contribution in [3.63, 3.8) is 0 Å². The molecule has 164 valence electrons. The first kappa shape index (κ1) is 21.6. The van der Waals surface area contributed by atoms with E-state index in [0.29, 0.717) is 34.1 Å². The Labute approximate surface area is 187 Å². The molecule has 0 saturated carbocycles. The lowest BCUT2D eigenvalue weighted by Crippen LogP contribution is -2.23. The van der Waals surface area contributed by atoms with Gasteiger partial charge in [-0.2, -0.15) is 0 Å². The van der Waals surface area contributed by atoms with Crippen LogP contribution in [0.3, 0.4) is 0 Å². The molecule has 4 rings (SSSR count). The van der Waals surface area contributed by atoms with Gasteiger partial charge in [0.25, 0.3) is 5.56 Å². The van der Waals surface area contributed by atoms with Crippen LogP contribution in [-0.2, 0) is 16.1 Å². The fourth-order valence-electron chi connectivity index (χ4n) is 3.31. The van der Waals surface area contributed by atoms with Gasteiger partial charge < -0.3 is 14.5 Å². The van der Waals surface area contributed by atoms with Gasteiger partial charge in [-0.15, -0.1) is 0 Å². The van der Waals surface area contributed by atoms with E-state index in [2.05, 4.69) is 10.3 Å². The maximum absolute atomic E-state index is 12.9. The predicted octanol–water partition coefficient (Wildman–Crippen LogP) is 4.07. The Morgan fingerprint density at radius 2 is 1.97 bits per heavy atom. The van der Waals surface area contributed by atoms with Crippen molar-refractivity contribution < 1.29 is 18.7 Å². The summed E-state index contributed by atoms with van der Waals surface area (Å²) < 4.78 is 12.2. The van der Waals surface area contributed by atoms with E-state index in [-0.39, 0.29) is 29.4 Å². The molecule has 0 aliphatic heterocycles. The monoisotopic (exact) mass is 451 g/mol. The molecule has 0 atom stereocenters. The number of carbonyl (C=O) groups excluding carboxylic acids is 2. The predicted molar refractivity (Wildman–Crippen MR) is 123 cm³/mol. The number of hydrogen-bond donors (Lipinski definition) is 1. The number of rotatable bonds is 7. The molecule has 32 heavy (non-hydrogen) atoms. The number of aromatic nitrogens is 2. The number of benzene rings is 2. The number of anilines is 1. The van der Waals surface area contributed by atoms with E-state index in [0.717, 1.165) is 5.39 Å². The maximum atomic E-state index is 12.9. The van der Waals surface area contributed by atoms with Crippen molar-refractivity contribution in [2.75, 3.05) is 17.7 Å². The number of amides is 1. The fourth-order valence-corrected chi connectivity index (χ4v) is 4.16. The number of esters is 1. The van der Waals surface area contributed by atoms with E-state index in [9.17, 15) is 14.4 Å². The molecule has 8 nitrogen and oxygen atoms in total. The zero-order valence-electron chi connectivity index (χ0n) is 17.6. The van der Waals surface area contributed by atoms with E-state index in [1.54, 1.807) is 37.3 Å². The average Bonchev–Trinajstić information content (AvgIpc) is 3.17. The molecule has 4 aromatic rings. The summed E-state index contributed by atoms with van der Waals surface area (Å²) in [6, 6.07) is 13.9. The number of nitrogens with one attached hydrogen (secondary N) is 1. The Hall–Kier alpha value is -3.59. The number of carbonyl (C=O) groups is 2. The molecule has 0 radical (unpaired) electrons. The van der Waals surface area contributed by atoms with E-state index >= 15 is 0 Å². The van der Waals surface area contributed by atoms with Crippen LogP contribution in [0.15, 0.2) is 62.9 Å². The Balaban J connectivity index is 1.54. The zero-order valence-corrected chi connectivity index (χ0v) is 18.4. The molecule has 2 aromatic heterocycles. The van der Waals surface area contributed by atoms with Gasteiger partial charge in [-0.05, 0) is 44.2 Å². The summed E-state index contributed by atoms with van der Waals surface area (Å²) in [5.41, 5.74) is 1.85. The molecule has 0 aliphatic rings. The second-order valence-corrected chi connectivity index (χ2v) is 7.80. The standard InChI is InChI=1S/C23H21N3O5S/c1-3-26-21(28)20-19(16-10-5-6-11-17(16)31-20)25-23(26)32-13-18(27)24-15-9-7-8-14(12-15)22(29)30-4-2/h5-12H,3-4,13H2,1-2H3,(H,24,27). The minimum Gasteiger partial charge on any atom is -0.462 e. The van der Waals surface area contributed by atoms with E-state index in [1.807, 2.05) is 25.1 Å². The molecule has 0 bridgehead atoms. The van der Waals surface area contributed by atoms with Gasteiger partial charge in [-0.1, -0.05) is 30.0 Å². The average molecular weight is 452 g/mol. The molecule has 0 aliphatic carbocycles. The number of furan rings is 1. The fraction of sp³-hybridized carbons (Fsp3) is 0.217. The molecule has 0 spiro atoms. The van der Waals surface area contributed by atoms with Gasteiger partial charge >= 0.3 is 5.97 Å². The van der Waals surface area contributed by atoms with Gasteiger partial charge in [0.15, 0.2) is 5.16 Å². The van der Waals surface area contributed by atoms with Crippen molar-refractivity contribution in [2.45, 2.75) is 25.5 Å². The van der Waals surface area contributed by atoms with Crippen LogP contribution in [0.4, 0.5) is 5.69 Å². The number of para-hydroxylation sites is 1. The molecule has 0 saturated heterocycles. The van der Waals surface area contributed by atoms with Crippen molar-refractivity contribution in [3.05, 3.63) is 64.4 Å². The van der Waals surface area contributed by atoms with Crippen molar-refractivity contribution in [2.24, 2.45) is 0 Å². The summed E-state index contributed by atoms with van der Waals surface area (Å²) in [5, 5.41) is 3.95. The van der Waals surface area contributed by atoms with Crippen molar-refractivity contribution in [3.8, 4) is 0 Å². The highest BCUT2D eigenvalue weighted by Crippen LogP contribution is 2.27. The van der Waals surface area contributed by atoms with Crippen LogP contribution < -0.4 is 10.9 Å². The summed E-state index contributed by atoms with van der Waals surface area (Å²) in [5.74, 6) is -0.697. The van der Waals surface area contributed by atoms with Crippen LogP contribution >= 0.6 is 11.8 Å². The molecular weight excluding hydrogens is 430 g/mol. The first-order valence-electron chi connectivity index (χ1n) is 10.1. The molecule has 1 N–H and O–H groups in total. The largest absolute Gasteiger partial charge is 0.462 e. The van der Waals surface area contributed by atoms with Crippen LogP contribution in [0, 0.1) is 0 Å². The third-order valence-corrected chi connectivity index (χ3v) is 5.73. The van der Waals surface area contributed by atoms with E-state index < -0.39 is 5.97 Å². The number of ether oxygens (including phenoxy) is 1. The molecule has 0 fully saturated rings. The Kier molecular flexibility index (Phi) is 6.27. The lowest BCUT2D eigenvalue weighted by molar-refractivity contribution is -0.113. The van der Waals surface area contributed by atoms with Crippen molar-refractivity contribution in [1.29, 1.82) is 0 Å². The topological polar surface area (TPSA) is 103 Å². The van der Waals surface area contributed by atoms with Gasteiger partial charge in [0, 0.05) is 17.6 Å². The quantitative estimate of drug-likeness (QED) is 0.257. The minimum absolute atomic E-state index is 0.0391. The van der Waals surface area contributed by atoms with Gasteiger partial charge in [0.05, 0.1) is 17.9 Å². The van der Waals surface area contributed by atoms with E-state index in [1.165, 1.54) is 16.3 Å². The van der Waals surface area contributed by atoms with Crippen LogP contribution in [0.25, 0.3) is 22.1 Å². The summed E-state index contributed by atoms with van der Waals surface area (Å²) in [7, 11) is 0. The number of hydrogen-bond acceptors (Lipinski definition) is 7. The minimum atomic E-state index is -0.449. The van der Waals surface area contributed by atoms with Crippen molar-refractivity contribution >= 4 is 51.4 Å². The third kappa shape index (κ3) is 4.24. The lowest BCUT2D eigenvalue weighted by Gasteiger charge is -2.10. The third-order valence-electron chi connectivity index (χ3n) is 4.75. The molecule has 9 heteroatoms. The second-order valence-electron chi connectivity index (χ2n) is 6.86. The highest BCUT2D eigenvalue weighted by molar-refractivity contribution is 7.99. The molecular formula is C23H21N3O5S. The Morgan fingerprint density at radius 1 is 1.16 bits per heavy atom. The summed E-state index contributed by atoms with van der Waals surface area (Å²) in [6.45, 7) is 4.23. The van der Waals surface area contributed by atoms with Crippen LogP contribution in [0.1, 0.15) is 24.2 Å². The second kappa shape index (κ2) is 9.27. The number of thioether (sulfide) groups is 1. The van der Waals surface area contributed by atoms with Crippen LogP contribution in [0.2, 0.25) is 0 Å². The van der Waals surface area contributed by atoms with Gasteiger partial charge in [0.1, 0.15) is 11.1 Å². The molecule has 2 aromatic carbocycles. The maximum Gasteiger partial charge on any atom is 0.338 e. The lowest BCUT2D eigenvalue weighted by atomic mass is 10.2. The van der Waals surface area contributed by atoms with Crippen LogP contribution in [-0.4, -0.2) is 33.8 Å². The highest BCUT2D eigenvalue weighted by atomic mass is 32.2. The van der Waals surface area contributed by atoms with Gasteiger partial charge in [-0.25, -0.2) is 9.78 Å². The van der Waals surface area contributed by atoms with Gasteiger partial charge in [0.2, 0.25) is 11.5 Å². The summed E-state index contributed by atoms with van der Waals surface area (Å²) >= 11 is 1.17. The molecule has 2 heterocycles.